The van der Waals surface area contributed by atoms with E-state index in [-0.39, 0.29) is 0 Å². The third kappa shape index (κ3) is 2.14. The maximum Gasteiger partial charge on any atom is 0.191 e. The second-order valence-corrected chi connectivity index (χ2v) is 3.78. The molecule has 1 saturated heterocycles. The van der Waals surface area contributed by atoms with Crippen molar-refractivity contribution in [3.8, 4) is 0 Å². The van der Waals surface area contributed by atoms with Gasteiger partial charge in [0.25, 0.3) is 0 Å². The van der Waals surface area contributed by atoms with E-state index in [1.165, 1.54) is 0 Å². The maximum absolute atomic E-state index is 5.85. The largest absolute Gasteiger partial charge is 0.469 e. The van der Waals surface area contributed by atoms with E-state index in [0.717, 1.165) is 31.8 Å². The molecule has 82 valence electrons. The Morgan fingerprint density at radius 1 is 1.73 bits per heavy atom. The number of hydrogen-bond donors (Lipinski definition) is 1. The van der Waals surface area contributed by atoms with E-state index in [2.05, 4.69) is 9.89 Å². The molecule has 1 aromatic heterocycles. The van der Waals surface area contributed by atoms with E-state index in [1.54, 1.807) is 6.26 Å². The Bertz CT molecular complexity index is 332. The molecule has 1 aliphatic heterocycles. The minimum atomic E-state index is 0.464. The van der Waals surface area contributed by atoms with Crippen molar-refractivity contribution in [3.05, 3.63) is 24.2 Å². The molecule has 15 heavy (non-hydrogen) atoms. The molecule has 0 aliphatic carbocycles. The van der Waals surface area contributed by atoms with Crippen LogP contribution >= 0.6 is 0 Å². The lowest BCUT2D eigenvalue weighted by molar-refractivity contribution is 0.450. The molecular weight excluding hydrogens is 190 g/mol. The molecule has 0 spiro atoms. The van der Waals surface area contributed by atoms with E-state index in [0.29, 0.717) is 11.9 Å². The van der Waals surface area contributed by atoms with Crippen LogP contribution in [0.15, 0.2) is 27.8 Å². The Morgan fingerprint density at radius 2 is 2.60 bits per heavy atom. The van der Waals surface area contributed by atoms with Crippen molar-refractivity contribution >= 4 is 5.96 Å². The number of nitrogens with two attached hydrogens (primary N) is 1. The van der Waals surface area contributed by atoms with Gasteiger partial charge in [0.2, 0.25) is 0 Å². The van der Waals surface area contributed by atoms with E-state index < -0.39 is 0 Å². The average Bonchev–Trinajstić information content (AvgIpc) is 2.89. The summed E-state index contributed by atoms with van der Waals surface area (Å²) >= 11 is 0. The Labute approximate surface area is 89.8 Å². The van der Waals surface area contributed by atoms with E-state index in [9.17, 15) is 0 Å². The zero-order valence-electron chi connectivity index (χ0n) is 9.02. The predicted molar refractivity (Wildman–Crippen MR) is 59.8 cm³/mol. The molecule has 0 aromatic carbocycles. The number of furan rings is 1. The molecule has 4 heteroatoms. The predicted octanol–water partition coefficient (Wildman–Crippen LogP) is 1.40. The van der Waals surface area contributed by atoms with Crippen molar-refractivity contribution in [2.24, 2.45) is 10.7 Å². The van der Waals surface area contributed by atoms with Gasteiger partial charge in [-0.15, -0.1) is 0 Å². The van der Waals surface area contributed by atoms with Crippen LogP contribution in [-0.2, 0) is 0 Å². The van der Waals surface area contributed by atoms with Gasteiger partial charge in [-0.1, -0.05) is 0 Å². The summed E-state index contributed by atoms with van der Waals surface area (Å²) in [5, 5.41) is 0. The first-order valence-corrected chi connectivity index (χ1v) is 5.39. The fourth-order valence-corrected chi connectivity index (χ4v) is 1.99. The first-order chi connectivity index (χ1) is 7.31. The summed E-state index contributed by atoms with van der Waals surface area (Å²) in [6.45, 7) is 4.63. The first-order valence-electron chi connectivity index (χ1n) is 5.39. The van der Waals surface area contributed by atoms with Gasteiger partial charge in [0, 0.05) is 25.6 Å². The lowest BCUT2D eigenvalue weighted by Crippen LogP contribution is -2.35. The molecule has 0 bridgehead atoms. The van der Waals surface area contributed by atoms with Crippen molar-refractivity contribution in [3.63, 3.8) is 0 Å². The molecule has 0 amide bonds. The van der Waals surface area contributed by atoms with Crippen molar-refractivity contribution in [2.45, 2.75) is 19.3 Å². The number of aliphatic imine (C=N–C) groups is 1. The quantitative estimate of drug-likeness (QED) is 0.589. The van der Waals surface area contributed by atoms with Gasteiger partial charge in [0.05, 0.1) is 6.26 Å². The van der Waals surface area contributed by atoms with Gasteiger partial charge in [-0.05, 0) is 25.5 Å². The molecule has 0 saturated carbocycles. The van der Waals surface area contributed by atoms with Crippen LogP contribution in [0.4, 0.5) is 0 Å². The monoisotopic (exact) mass is 207 g/mol. The summed E-state index contributed by atoms with van der Waals surface area (Å²) in [4.78, 5) is 6.33. The molecular formula is C11H17N3O. The smallest absolute Gasteiger partial charge is 0.191 e. The van der Waals surface area contributed by atoms with Crippen LogP contribution in [0, 0.1) is 0 Å². The standard InChI is InChI=1S/C11H17N3O/c1-2-13-11(12)14-6-5-9(8-14)10-4-3-7-15-10/h3-4,7,9H,2,5-6,8H2,1H3,(H2,12,13). The molecule has 0 radical (unpaired) electrons. The molecule has 1 aliphatic rings. The van der Waals surface area contributed by atoms with E-state index in [4.69, 9.17) is 10.2 Å². The van der Waals surface area contributed by atoms with E-state index in [1.807, 2.05) is 19.1 Å². The molecule has 2 rings (SSSR count). The van der Waals surface area contributed by atoms with Crippen molar-refractivity contribution in [1.29, 1.82) is 0 Å². The summed E-state index contributed by atoms with van der Waals surface area (Å²) in [6, 6.07) is 3.96. The third-order valence-electron chi connectivity index (χ3n) is 2.78. The van der Waals surface area contributed by atoms with Crippen LogP contribution in [-0.4, -0.2) is 30.5 Å². The minimum absolute atomic E-state index is 0.464. The lowest BCUT2D eigenvalue weighted by atomic mass is 10.1. The van der Waals surface area contributed by atoms with Gasteiger partial charge in [0.15, 0.2) is 5.96 Å². The van der Waals surface area contributed by atoms with Crippen LogP contribution in [0.25, 0.3) is 0 Å². The van der Waals surface area contributed by atoms with Crippen LogP contribution in [0.5, 0.6) is 0 Å². The maximum atomic E-state index is 5.85. The highest BCUT2D eigenvalue weighted by Gasteiger charge is 2.26. The van der Waals surface area contributed by atoms with Crippen LogP contribution in [0.2, 0.25) is 0 Å². The second kappa shape index (κ2) is 4.38. The summed E-state index contributed by atoms with van der Waals surface area (Å²) < 4.78 is 5.40. The molecule has 1 unspecified atom stereocenters. The Morgan fingerprint density at radius 3 is 3.27 bits per heavy atom. The van der Waals surface area contributed by atoms with Crippen molar-refractivity contribution in [1.82, 2.24) is 4.90 Å². The molecule has 1 atom stereocenters. The van der Waals surface area contributed by atoms with Gasteiger partial charge in [-0.2, -0.15) is 0 Å². The van der Waals surface area contributed by atoms with Crippen molar-refractivity contribution in [2.75, 3.05) is 19.6 Å². The first kappa shape index (κ1) is 10.1. The summed E-state index contributed by atoms with van der Waals surface area (Å²) in [5.41, 5.74) is 5.85. The Kier molecular flexibility index (Phi) is 2.94. The van der Waals surface area contributed by atoms with Gasteiger partial charge < -0.3 is 15.1 Å². The van der Waals surface area contributed by atoms with Gasteiger partial charge >= 0.3 is 0 Å². The van der Waals surface area contributed by atoms with Gasteiger partial charge in [0.1, 0.15) is 5.76 Å². The minimum Gasteiger partial charge on any atom is -0.469 e. The molecule has 1 aromatic rings. The number of hydrogen-bond acceptors (Lipinski definition) is 2. The number of nitrogens with zero attached hydrogens (tertiary/aromatic N) is 2. The fourth-order valence-electron chi connectivity index (χ4n) is 1.99. The number of rotatable bonds is 2. The summed E-state index contributed by atoms with van der Waals surface area (Å²) in [6.07, 6.45) is 2.81. The highest BCUT2D eigenvalue weighted by molar-refractivity contribution is 5.78. The number of likely N-dealkylation sites (tertiary alicyclic amines) is 1. The van der Waals surface area contributed by atoms with Gasteiger partial charge in [-0.25, -0.2) is 0 Å². The molecule has 1 fully saturated rings. The van der Waals surface area contributed by atoms with Crippen LogP contribution in [0.3, 0.4) is 0 Å². The second-order valence-electron chi connectivity index (χ2n) is 3.78. The zero-order chi connectivity index (χ0) is 10.7. The normalized spacial score (nSPS) is 22.3. The Hall–Kier alpha value is -1.45. The molecule has 2 heterocycles. The molecule has 2 N–H and O–H groups in total. The van der Waals surface area contributed by atoms with E-state index >= 15 is 0 Å². The summed E-state index contributed by atoms with van der Waals surface area (Å²) in [5.74, 6) is 2.18. The highest BCUT2D eigenvalue weighted by Crippen LogP contribution is 2.26. The van der Waals surface area contributed by atoms with Crippen LogP contribution in [0.1, 0.15) is 25.0 Å². The summed E-state index contributed by atoms with van der Waals surface area (Å²) in [7, 11) is 0. The zero-order valence-corrected chi connectivity index (χ0v) is 9.02. The van der Waals surface area contributed by atoms with Crippen molar-refractivity contribution < 1.29 is 4.42 Å². The third-order valence-corrected chi connectivity index (χ3v) is 2.78. The molecule has 4 nitrogen and oxygen atoms in total. The lowest BCUT2D eigenvalue weighted by Gasteiger charge is -2.16. The number of guanidine groups is 1. The van der Waals surface area contributed by atoms with Gasteiger partial charge in [-0.3, -0.25) is 4.99 Å². The Balaban J connectivity index is 1.98. The SMILES string of the molecule is CCN=C(N)N1CCC(c2ccco2)C1. The van der Waals surface area contributed by atoms with Crippen LogP contribution < -0.4 is 5.73 Å². The highest BCUT2D eigenvalue weighted by atomic mass is 16.3. The topological polar surface area (TPSA) is 54.8 Å². The fraction of sp³-hybridized carbons (Fsp3) is 0.545. The average molecular weight is 207 g/mol.